The van der Waals surface area contributed by atoms with Crippen molar-refractivity contribution in [2.24, 2.45) is 0 Å². The Labute approximate surface area is 85.4 Å². The van der Waals surface area contributed by atoms with Gasteiger partial charge in [-0.05, 0) is 23.6 Å². The molecule has 1 aromatic carbocycles. The average molecular weight is 200 g/mol. The molecule has 0 spiro atoms. The van der Waals surface area contributed by atoms with Crippen LogP contribution >= 0.6 is 11.3 Å². The van der Waals surface area contributed by atoms with Crippen LogP contribution in [-0.4, -0.2) is 9.78 Å². The molecule has 0 N–H and O–H groups in total. The Hall–Kier alpha value is -1.61. The van der Waals surface area contributed by atoms with Gasteiger partial charge in [0.1, 0.15) is 5.00 Å². The quantitative estimate of drug-likeness (QED) is 0.590. The Kier molecular flexibility index (Phi) is 1.64. The van der Waals surface area contributed by atoms with E-state index in [9.17, 15) is 0 Å². The van der Waals surface area contributed by atoms with Gasteiger partial charge in [0.2, 0.25) is 0 Å². The van der Waals surface area contributed by atoms with E-state index < -0.39 is 0 Å². The van der Waals surface area contributed by atoms with Crippen LogP contribution in [0.4, 0.5) is 0 Å². The molecule has 0 radical (unpaired) electrons. The lowest BCUT2D eigenvalue weighted by molar-refractivity contribution is 0.915. The van der Waals surface area contributed by atoms with Crippen molar-refractivity contribution < 1.29 is 0 Å². The van der Waals surface area contributed by atoms with Gasteiger partial charge < -0.3 is 0 Å². The summed E-state index contributed by atoms with van der Waals surface area (Å²) in [7, 11) is 0. The first-order valence-electron chi connectivity index (χ1n) is 4.42. The van der Waals surface area contributed by atoms with Gasteiger partial charge in [-0.2, -0.15) is 5.10 Å². The number of aromatic nitrogens is 2. The molecule has 2 aromatic heterocycles. The maximum absolute atomic E-state index is 4.48. The van der Waals surface area contributed by atoms with Gasteiger partial charge in [-0.15, -0.1) is 11.3 Å². The second-order valence-corrected chi connectivity index (χ2v) is 4.01. The van der Waals surface area contributed by atoms with Crippen LogP contribution in [0.2, 0.25) is 0 Å². The van der Waals surface area contributed by atoms with Crippen LogP contribution in [0.1, 0.15) is 0 Å². The summed E-state index contributed by atoms with van der Waals surface area (Å²) < 4.78 is 1.93. The third kappa shape index (κ3) is 1.14. The largest absolute Gasteiger partial charge is 0.230 e. The van der Waals surface area contributed by atoms with Crippen LogP contribution in [0.3, 0.4) is 0 Å². The van der Waals surface area contributed by atoms with E-state index in [0.717, 1.165) is 10.5 Å². The first-order valence-corrected chi connectivity index (χ1v) is 5.30. The van der Waals surface area contributed by atoms with Gasteiger partial charge in [0, 0.05) is 11.6 Å². The van der Waals surface area contributed by atoms with E-state index in [0.29, 0.717) is 0 Å². The molecule has 3 heteroatoms. The molecule has 3 rings (SSSR count). The highest BCUT2D eigenvalue weighted by molar-refractivity contribution is 7.12. The van der Waals surface area contributed by atoms with Crippen molar-refractivity contribution in [1.82, 2.24) is 9.78 Å². The molecular formula is C11H8N2S. The van der Waals surface area contributed by atoms with E-state index in [1.54, 1.807) is 11.3 Å². The van der Waals surface area contributed by atoms with Gasteiger partial charge in [-0.1, -0.05) is 18.2 Å². The lowest BCUT2D eigenvalue weighted by Gasteiger charge is -1.92. The van der Waals surface area contributed by atoms with Gasteiger partial charge in [-0.25, -0.2) is 4.68 Å². The predicted octanol–water partition coefficient (Wildman–Crippen LogP) is 3.09. The molecule has 0 bridgehead atoms. The lowest BCUT2D eigenvalue weighted by Crippen LogP contribution is -1.88. The normalized spacial score (nSPS) is 10.9. The minimum atomic E-state index is 1.04. The Bertz CT molecular complexity index is 518. The highest BCUT2D eigenvalue weighted by atomic mass is 32.1. The Morgan fingerprint density at radius 1 is 1.07 bits per heavy atom. The summed E-state index contributed by atoms with van der Waals surface area (Å²) in [5.74, 6) is 0. The summed E-state index contributed by atoms with van der Waals surface area (Å²) in [4.78, 5) is 0. The maximum atomic E-state index is 4.48. The molecule has 0 atom stereocenters. The molecule has 68 valence electrons. The zero-order valence-electron chi connectivity index (χ0n) is 7.42. The highest BCUT2D eigenvalue weighted by Gasteiger charge is 2.01. The molecule has 0 aliphatic heterocycles. The summed E-state index contributed by atoms with van der Waals surface area (Å²) >= 11 is 1.69. The third-order valence-corrected chi connectivity index (χ3v) is 3.00. The van der Waals surface area contributed by atoms with Crippen molar-refractivity contribution in [3.05, 3.63) is 48.0 Å². The van der Waals surface area contributed by atoms with Crippen LogP contribution in [0.25, 0.3) is 15.9 Å². The number of nitrogens with zero attached hydrogens (tertiary/aromatic N) is 2. The first kappa shape index (κ1) is 7.76. The second kappa shape index (κ2) is 2.96. The van der Waals surface area contributed by atoms with Gasteiger partial charge in [0.05, 0.1) is 5.52 Å². The molecule has 0 amide bonds. The minimum Gasteiger partial charge on any atom is -0.230 e. The lowest BCUT2D eigenvalue weighted by atomic mass is 10.3. The topological polar surface area (TPSA) is 17.8 Å². The first-order chi connectivity index (χ1) is 6.93. The number of hydrogen-bond donors (Lipinski definition) is 0. The van der Waals surface area contributed by atoms with Gasteiger partial charge in [0.25, 0.3) is 0 Å². The van der Waals surface area contributed by atoms with Gasteiger partial charge in [0.15, 0.2) is 0 Å². The smallest absolute Gasteiger partial charge is 0.117 e. The monoisotopic (exact) mass is 200 g/mol. The number of rotatable bonds is 1. The molecule has 2 heterocycles. The zero-order valence-corrected chi connectivity index (χ0v) is 8.24. The van der Waals surface area contributed by atoms with Crippen molar-refractivity contribution in [3.8, 4) is 5.00 Å². The summed E-state index contributed by atoms with van der Waals surface area (Å²) in [5, 5.41) is 8.87. The number of fused-ring (bicyclic) bond motifs is 1. The molecule has 0 saturated heterocycles. The van der Waals surface area contributed by atoms with Gasteiger partial charge >= 0.3 is 0 Å². The van der Waals surface area contributed by atoms with E-state index >= 15 is 0 Å². The number of thiophene rings is 1. The van der Waals surface area contributed by atoms with Crippen molar-refractivity contribution in [2.75, 3.05) is 0 Å². The summed E-state index contributed by atoms with van der Waals surface area (Å²) in [6, 6.07) is 12.2. The highest BCUT2D eigenvalue weighted by Crippen LogP contribution is 2.18. The van der Waals surface area contributed by atoms with Crippen LogP contribution in [0, 0.1) is 0 Å². The third-order valence-electron chi connectivity index (χ3n) is 2.15. The standard InChI is InChI=1S/C11H8N2S/c1-2-5-10-9(4-1)8-13(12-10)11-6-3-7-14-11/h1-8H. The Morgan fingerprint density at radius 2 is 2.00 bits per heavy atom. The Morgan fingerprint density at radius 3 is 2.79 bits per heavy atom. The molecule has 0 saturated carbocycles. The molecule has 3 aromatic rings. The second-order valence-electron chi connectivity index (χ2n) is 3.08. The van der Waals surface area contributed by atoms with E-state index in [4.69, 9.17) is 0 Å². The van der Waals surface area contributed by atoms with Crippen LogP contribution in [0.15, 0.2) is 48.0 Å². The number of hydrogen-bond acceptors (Lipinski definition) is 2. The van der Waals surface area contributed by atoms with E-state index in [2.05, 4.69) is 28.8 Å². The predicted molar refractivity (Wildman–Crippen MR) is 58.9 cm³/mol. The molecule has 0 unspecified atom stereocenters. The van der Waals surface area contributed by atoms with Crippen LogP contribution in [-0.2, 0) is 0 Å². The van der Waals surface area contributed by atoms with Crippen molar-refractivity contribution >= 4 is 22.2 Å². The van der Waals surface area contributed by atoms with Gasteiger partial charge in [-0.3, -0.25) is 0 Å². The van der Waals surface area contributed by atoms with E-state index in [1.807, 2.05) is 28.9 Å². The van der Waals surface area contributed by atoms with Crippen molar-refractivity contribution in [1.29, 1.82) is 0 Å². The maximum Gasteiger partial charge on any atom is 0.117 e. The molecule has 0 aliphatic rings. The van der Waals surface area contributed by atoms with Crippen LogP contribution < -0.4 is 0 Å². The summed E-state index contributed by atoms with van der Waals surface area (Å²) in [5.41, 5.74) is 1.04. The molecule has 0 aliphatic carbocycles. The molecule has 14 heavy (non-hydrogen) atoms. The molecule has 2 nitrogen and oxygen atoms in total. The SMILES string of the molecule is c1csc(-n2cc3ccccc3n2)c1. The fourth-order valence-corrected chi connectivity index (χ4v) is 2.13. The van der Waals surface area contributed by atoms with E-state index in [-0.39, 0.29) is 0 Å². The number of benzene rings is 1. The fourth-order valence-electron chi connectivity index (χ4n) is 1.48. The fraction of sp³-hybridized carbons (Fsp3) is 0. The zero-order chi connectivity index (χ0) is 9.38. The summed E-state index contributed by atoms with van der Waals surface area (Å²) in [6.45, 7) is 0. The molecule has 0 fully saturated rings. The average Bonchev–Trinajstić information content (AvgIpc) is 2.86. The van der Waals surface area contributed by atoms with Crippen LogP contribution in [0.5, 0.6) is 0 Å². The summed E-state index contributed by atoms with van der Waals surface area (Å²) in [6.07, 6.45) is 2.06. The van der Waals surface area contributed by atoms with Crippen molar-refractivity contribution in [3.63, 3.8) is 0 Å². The van der Waals surface area contributed by atoms with Crippen molar-refractivity contribution in [2.45, 2.75) is 0 Å². The van der Waals surface area contributed by atoms with E-state index in [1.165, 1.54) is 5.39 Å². The molecular weight excluding hydrogens is 192 g/mol. The Balaban J connectivity index is 2.24. The minimum absolute atomic E-state index is 1.04.